The van der Waals surface area contributed by atoms with E-state index in [1.807, 2.05) is 0 Å². The van der Waals surface area contributed by atoms with Crippen LogP contribution in [0, 0.1) is 6.92 Å². The summed E-state index contributed by atoms with van der Waals surface area (Å²) in [5.41, 5.74) is 0.609. The summed E-state index contributed by atoms with van der Waals surface area (Å²) in [4.78, 5) is 16.2. The summed E-state index contributed by atoms with van der Waals surface area (Å²) in [5, 5.41) is 4.12. The molecule has 0 bridgehead atoms. The number of amides is 1. The summed E-state index contributed by atoms with van der Waals surface area (Å²) >= 11 is 6.49. The molecule has 1 N–H and O–H groups in total. The largest absolute Gasteiger partial charge is 0.269 e. The predicted molar refractivity (Wildman–Crippen MR) is 94.2 cm³/mol. The zero-order chi connectivity index (χ0) is 17.5. The zero-order valence-electron chi connectivity index (χ0n) is 12.2. The first-order valence-corrected chi connectivity index (χ1v) is 9.68. The number of nitrogens with one attached hydrogen (secondary N) is 1. The van der Waals surface area contributed by atoms with Crippen LogP contribution in [-0.4, -0.2) is 28.9 Å². The quantitative estimate of drug-likeness (QED) is 0.631. The van der Waals surface area contributed by atoms with Gasteiger partial charge in [-0.05, 0) is 41.1 Å². The molecule has 1 amide bonds. The van der Waals surface area contributed by atoms with Crippen molar-refractivity contribution >= 4 is 53.4 Å². The molecular formula is C14H10Br2N4O3S. The lowest BCUT2D eigenvalue weighted by Crippen LogP contribution is -2.31. The number of rotatable bonds is 3. The second-order valence-electron chi connectivity index (χ2n) is 4.90. The monoisotopic (exact) mass is 472 g/mol. The van der Waals surface area contributed by atoms with E-state index in [1.54, 1.807) is 25.3 Å². The maximum Gasteiger partial charge on any atom is 0.269 e. The topological polar surface area (TPSA) is 93.4 Å². The summed E-state index contributed by atoms with van der Waals surface area (Å²) in [5.74, 6) is -0.729. The van der Waals surface area contributed by atoms with Crippen molar-refractivity contribution in [2.24, 2.45) is 0 Å². The molecule has 0 unspecified atom stereocenters. The maximum absolute atomic E-state index is 12.6. The van der Waals surface area contributed by atoms with Crippen LogP contribution in [0.1, 0.15) is 16.1 Å². The standard InChI is InChI=1S/C14H10Br2N4O3S/c1-8-12(13-17-6-11(16)7-20(13)18-8)24(22,23)19-14(21)9-3-2-4-10(15)5-9/h2-7H,1H3,(H,19,21). The van der Waals surface area contributed by atoms with Crippen molar-refractivity contribution in [1.82, 2.24) is 19.3 Å². The van der Waals surface area contributed by atoms with E-state index in [1.165, 1.54) is 22.8 Å². The van der Waals surface area contributed by atoms with Crippen LogP contribution < -0.4 is 4.72 Å². The van der Waals surface area contributed by atoms with Crippen LogP contribution in [0.2, 0.25) is 0 Å². The third kappa shape index (κ3) is 3.21. The lowest BCUT2D eigenvalue weighted by atomic mass is 10.2. The summed E-state index contributed by atoms with van der Waals surface area (Å²) in [7, 11) is -4.12. The van der Waals surface area contributed by atoms with Crippen LogP contribution in [0.4, 0.5) is 0 Å². The minimum Gasteiger partial charge on any atom is -0.268 e. The fourth-order valence-corrected chi connectivity index (χ4v) is 4.15. The van der Waals surface area contributed by atoms with Crippen LogP contribution in [0.15, 0.2) is 50.5 Å². The Labute approximate surface area is 154 Å². The number of hydrogen-bond donors (Lipinski definition) is 1. The number of benzene rings is 1. The molecule has 0 saturated carbocycles. The van der Waals surface area contributed by atoms with Crippen LogP contribution in [-0.2, 0) is 10.0 Å². The number of fused-ring (bicyclic) bond motifs is 1. The first-order valence-electron chi connectivity index (χ1n) is 6.61. The van der Waals surface area contributed by atoms with Crippen molar-refractivity contribution in [1.29, 1.82) is 0 Å². The fourth-order valence-electron chi connectivity index (χ4n) is 2.18. The molecule has 0 aliphatic carbocycles. The van der Waals surface area contributed by atoms with Crippen LogP contribution in [0.5, 0.6) is 0 Å². The molecule has 0 aliphatic rings. The number of halogens is 2. The molecule has 3 rings (SSSR count). The van der Waals surface area contributed by atoms with Crippen molar-refractivity contribution in [3.05, 3.63) is 56.9 Å². The van der Waals surface area contributed by atoms with Crippen molar-refractivity contribution in [2.45, 2.75) is 11.8 Å². The minimum absolute atomic E-state index is 0.127. The van der Waals surface area contributed by atoms with Gasteiger partial charge >= 0.3 is 0 Å². The van der Waals surface area contributed by atoms with E-state index in [-0.39, 0.29) is 21.8 Å². The third-order valence-corrected chi connectivity index (χ3v) is 5.52. The first-order chi connectivity index (χ1) is 11.3. The van der Waals surface area contributed by atoms with Gasteiger partial charge in [0.15, 0.2) is 10.5 Å². The zero-order valence-corrected chi connectivity index (χ0v) is 16.2. The highest BCUT2D eigenvalue weighted by Gasteiger charge is 2.27. The molecule has 124 valence electrons. The molecule has 0 radical (unpaired) electrons. The number of sulfonamides is 1. The van der Waals surface area contributed by atoms with E-state index < -0.39 is 15.9 Å². The highest BCUT2D eigenvalue weighted by atomic mass is 79.9. The molecule has 1 aromatic carbocycles. The molecule has 2 heterocycles. The summed E-state index contributed by atoms with van der Waals surface area (Å²) in [6.45, 7) is 1.54. The van der Waals surface area contributed by atoms with Gasteiger partial charge in [0.1, 0.15) is 0 Å². The van der Waals surface area contributed by atoms with E-state index in [9.17, 15) is 13.2 Å². The lowest BCUT2D eigenvalue weighted by molar-refractivity contribution is 0.0981. The van der Waals surface area contributed by atoms with Gasteiger partial charge in [-0.25, -0.2) is 22.6 Å². The molecule has 7 nitrogen and oxygen atoms in total. The minimum atomic E-state index is -4.12. The highest BCUT2D eigenvalue weighted by Crippen LogP contribution is 2.21. The number of aryl methyl sites for hydroxylation is 1. The number of aromatic nitrogens is 3. The Morgan fingerprint density at radius 3 is 2.71 bits per heavy atom. The van der Waals surface area contributed by atoms with E-state index in [4.69, 9.17) is 0 Å². The van der Waals surface area contributed by atoms with Gasteiger partial charge in [0.2, 0.25) is 0 Å². The molecule has 0 saturated heterocycles. The van der Waals surface area contributed by atoms with Crippen molar-refractivity contribution in [3.63, 3.8) is 0 Å². The summed E-state index contributed by atoms with van der Waals surface area (Å²) in [6, 6.07) is 6.44. The Bertz CT molecular complexity index is 1060. The van der Waals surface area contributed by atoms with Crippen LogP contribution in [0.25, 0.3) is 5.65 Å². The summed E-state index contributed by atoms with van der Waals surface area (Å²) < 4.78 is 30.0. The van der Waals surface area contributed by atoms with Gasteiger partial charge in [-0.2, -0.15) is 5.10 Å². The predicted octanol–water partition coefficient (Wildman–Crippen LogP) is 2.68. The molecule has 0 aliphatic heterocycles. The van der Waals surface area contributed by atoms with Gasteiger partial charge in [-0.15, -0.1) is 0 Å². The Kier molecular flexibility index (Phi) is 4.45. The molecule has 0 fully saturated rings. The van der Waals surface area contributed by atoms with Gasteiger partial charge in [0, 0.05) is 22.4 Å². The number of carbonyl (C=O) groups is 1. The second-order valence-corrected chi connectivity index (χ2v) is 8.35. The third-order valence-electron chi connectivity index (χ3n) is 3.14. The normalized spacial score (nSPS) is 11.6. The lowest BCUT2D eigenvalue weighted by Gasteiger charge is -2.06. The summed E-state index contributed by atoms with van der Waals surface area (Å²) in [6.07, 6.45) is 3.05. The molecular weight excluding hydrogens is 464 g/mol. The van der Waals surface area contributed by atoms with Crippen LogP contribution >= 0.6 is 31.9 Å². The molecule has 3 aromatic rings. The number of nitrogens with zero attached hydrogens (tertiary/aromatic N) is 3. The number of hydrogen-bond acceptors (Lipinski definition) is 5. The van der Waals surface area contributed by atoms with E-state index in [0.717, 1.165) is 0 Å². The highest BCUT2D eigenvalue weighted by molar-refractivity contribution is 9.10. The molecule has 0 atom stereocenters. The molecule has 10 heteroatoms. The van der Waals surface area contributed by atoms with Crippen molar-refractivity contribution in [3.8, 4) is 0 Å². The first kappa shape index (κ1) is 17.1. The maximum atomic E-state index is 12.6. The Hall–Kier alpha value is -1.78. The Morgan fingerprint density at radius 1 is 1.25 bits per heavy atom. The molecule has 2 aromatic heterocycles. The SMILES string of the molecule is Cc1nn2cc(Br)cnc2c1S(=O)(=O)NC(=O)c1cccc(Br)c1. The average molecular weight is 474 g/mol. The Morgan fingerprint density at radius 2 is 2.00 bits per heavy atom. The van der Waals surface area contributed by atoms with Crippen molar-refractivity contribution < 1.29 is 13.2 Å². The van der Waals surface area contributed by atoms with E-state index in [0.29, 0.717) is 8.95 Å². The van der Waals surface area contributed by atoms with Gasteiger partial charge in [-0.3, -0.25) is 4.79 Å². The molecule has 24 heavy (non-hydrogen) atoms. The smallest absolute Gasteiger partial charge is 0.268 e. The van der Waals surface area contributed by atoms with Gasteiger partial charge in [0.05, 0.1) is 10.2 Å². The average Bonchev–Trinajstić information content (AvgIpc) is 2.82. The van der Waals surface area contributed by atoms with Crippen molar-refractivity contribution in [2.75, 3.05) is 0 Å². The fraction of sp³-hybridized carbons (Fsp3) is 0.0714. The molecule has 0 spiro atoms. The van der Waals surface area contributed by atoms with Gasteiger partial charge < -0.3 is 0 Å². The van der Waals surface area contributed by atoms with Crippen LogP contribution in [0.3, 0.4) is 0 Å². The van der Waals surface area contributed by atoms with E-state index in [2.05, 4.69) is 46.7 Å². The van der Waals surface area contributed by atoms with Gasteiger partial charge in [-0.1, -0.05) is 22.0 Å². The Balaban J connectivity index is 2.02. The second kappa shape index (κ2) is 6.26. The number of carbonyl (C=O) groups excluding carboxylic acids is 1. The van der Waals surface area contributed by atoms with Gasteiger partial charge in [0.25, 0.3) is 15.9 Å². The van der Waals surface area contributed by atoms with E-state index >= 15 is 0 Å².